The number of nitrogens with zero attached hydrogens (tertiary/aromatic N) is 7. The molecule has 0 spiro atoms. The molecule has 0 aliphatic carbocycles. The van der Waals surface area contributed by atoms with Crippen molar-refractivity contribution in [2.24, 2.45) is 9.98 Å². The number of para-hydroxylation sites is 3. The van der Waals surface area contributed by atoms with Gasteiger partial charge in [-0.15, -0.1) is 0 Å². The standard InChI is InChI=1S/C30H30F4N4O3.C29H30F4N4O2.C20H18O8.C7H6O3.C4H8O2.CO2/c1-20-10-12-22(30(32,33)34)18-26(20)35-29(36-28-21(6-4-9-25(28)31)11-13-27(39)41-3)38-16-14-37(15-17-38)23-7-5-8-24(19-23)40-2;1-4-24-22-9-6-10-23(30)27(22)34-28(37(24)25-17-19(29(31,32)33)11-12-26(25)39-3)36-15-13-35(14-16-36)20-7-5-8-21(18-20)38-2;1-11-3-7-13(8-4-11)19(25)27-15(17(21)22)16(18(23)24)28-20(26)14-9-5-12(2)6-10-14;8-6-4-2-1-3-5(6)7(9)10;1-3-6-4(2)5;2-1-3/h4-13,18-19H,14-17H2,1-3H3,(H,35,36);5-12,17-18,24H,4,13-16H2,1-3H3;3-10,15-16H,1-2H3,(H,21,22)(H,23,24);1-4,8H,(H,9,10);3H2,1-2H3;/b13-11+;;;;;/t;24-;15-,16-;;;/m.00.../s1. The van der Waals surface area contributed by atoms with Gasteiger partial charge in [-0.25, -0.2) is 47.5 Å². The fourth-order valence-electron chi connectivity index (χ4n) is 12.7. The summed E-state index contributed by atoms with van der Waals surface area (Å²) in [5.41, 5.74) is 4.14. The van der Waals surface area contributed by atoms with E-state index in [0.29, 0.717) is 88.0 Å². The molecule has 9 aromatic carbocycles. The lowest BCUT2D eigenvalue weighted by Gasteiger charge is -2.45. The molecular formula is C91H92F8N8O20. The van der Waals surface area contributed by atoms with E-state index in [1.54, 1.807) is 101 Å². The van der Waals surface area contributed by atoms with Crippen molar-refractivity contribution in [1.29, 1.82) is 0 Å². The number of aryl methyl sites for hydroxylation is 3. The number of aromatic hydroxyl groups is 1. The van der Waals surface area contributed by atoms with Crippen molar-refractivity contribution < 1.29 is 132 Å². The van der Waals surface area contributed by atoms with Gasteiger partial charge in [0, 0.05) is 106 Å². The summed E-state index contributed by atoms with van der Waals surface area (Å²) in [6.07, 6.45) is -10.2. The molecule has 672 valence electrons. The molecule has 12 rings (SSSR count). The number of piperazine rings is 2. The number of anilines is 4. The lowest BCUT2D eigenvalue weighted by Crippen LogP contribution is -2.55. The molecule has 9 aromatic rings. The minimum atomic E-state index is -4.54. The van der Waals surface area contributed by atoms with E-state index in [1.165, 1.54) is 93.9 Å². The van der Waals surface area contributed by atoms with Crippen LogP contribution in [0.1, 0.15) is 103 Å². The van der Waals surface area contributed by atoms with Gasteiger partial charge in [0.1, 0.15) is 51.6 Å². The summed E-state index contributed by atoms with van der Waals surface area (Å²) < 4.78 is 147. The van der Waals surface area contributed by atoms with E-state index in [4.69, 9.17) is 48.5 Å². The number of nitrogens with one attached hydrogen (secondary N) is 1. The molecule has 127 heavy (non-hydrogen) atoms. The lowest BCUT2D eigenvalue weighted by molar-refractivity contribution is -0.192. The number of hydrogen-bond donors (Lipinski definition) is 5. The minimum Gasteiger partial charge on any atom is -0.507 e. The number of methoxy groups -OCH3 is 4. The van der Waals surface area contributed by atoms with Crippen LogP contribution in [0.4, 0.5) is 69.2 Å². The number of ether oxygens (including phenoxy) is 7. The van der Waals surface area contributed by atoms with Gasteiger partial charge in [0.25, 0.3) is 0 Å². The Kier molecular flexibility index (Phi) is 36.9. The number of carboxylic acids is 3. The van der Waals surface area contributed by atoms with Gasteiger partial charge in [-0.2, -0.15) is 35.9 Å². The molecule has 5 N–H and O–H groups in total. The van der Waals surface area contributed by atoms with E-state index in [1.807, 2.05) is 65.3 Å². The van der Waals surface area contributed by atoms with Gasteiger partial charge in [-0.05, 0) is 149 Å². The number of aliphatic imine (C=N–C) groups is 2. The number of rotatable bonds is 20. The van der Waals surface area contributed by atoms with Crippen LogP contribution in [-0.2, 0) is 60.1 Å². The molecule has 0 amide bonds. The molecule has 0 aromatic heterocycles. The van der Waals surface area contributed by atoms with Crippen molar-refractivity contribution >= 4 is 100 Å². The number of aromatic carboxylic acids is 1. The molecule has 3 aliphatic heterocycles. The van der Waals surface area contributed by atoms with Gasteiger partial charge in [0.2, 0.25) is 24.1 Å². The topological polar surface area (TPSA) is 352 Å². The Balaban J connectivity index is 0.000000239. The summed E-state index contributed by atoms with van der Waals surface area (Å²) in [4.78, 5) is 115. The summed E-state index contributed by atoms with van der Waals surface area (Å²) >= 11 is 0. The van der Waals surface area contributed by atoms with Crippen molar-refractivity contribution in [3.8, 4) is 23.0 Å². The number of esters is 4. The van der Waals surface area contributed by atoms with Gasteiger partial charge in [-0.3, -0.25) is 4.79 Å². The zero-order chi connectivity index (χ0) is 93.4. The van der Waals surface area contributed by atoms with Crippen LogP contribution < -0.4 is 34.2 Å². The Morgan fingerprint density at radius 3 is 1.53 bits per heavy atom. The van der Waals surface area contributed by atoms with Crippen LogP contribution in [0.5, 0.6) is 23.0 Å². The summed E-state index contributed by atoms with van der Waals surface area (Å²) in [5, 5.41) is 39.0. The summed E-state index contributed by atoms with van der Waals surface area (Å²) in [7, 11) is 5.87. The van der Waals surface area contributed by atoms with E-state index in [9.17, 15) is 70.1 Å². The molecule has 2 fully saturated rings. The maximum atomic E-state index is 15.1. The average Bonchev–Trinajstić information content (AvgIpc) is 0.741. The van der Waals surface area contributed by atoms with Crippen LogP contribution in [0, 0.1) is 32.4 Å². The van der Waals surface area contributed by atoms with Crippen molar-refractivity contribution in [3.63, 3.8) is 0 Å². The molecule has 2 saturated heterocycles. The van der Waals surface area contributed by atoms with Crippen LogP contribution in [0.25, 0.3) is 6.08 Å². The lowest BCUT2D eigenvalue weighted by atomic mass is 9.97. The third kappa shape index (κ3) is 28.4. The third-order valence-electron chi connectivity index (χ3n) is 19.2. The summed E-state index contributed by atoms with van der Waals surface area (Å²) in [5.74, 6) is -6.55. The minimum absolute atomic E-state index is 0.0332. The number of carboxylic acid groups (broad SMARTS) is 3. The molecule has 28 nitrogen and oxygen atoms in total. The first-order valence-electron chi connectivity index (χ1n) is 38.8. The normalized spacial score (nSPS) is 13.9. The van der Waals surface area contributed by atoms with Crippen molar-refractivity contribution in [3.05, 3.63) is 267 Å². The number of benzene rings is 9. The Hall–Kier alpha value is -14.8. The highest BCUT2D eigenvalue weighted by atomic mass is 19.4. The van der Waals surface area contributed by atoms with Gasteiger partial charge >= 0.3 is 60.3 Å². The van der Waals surface area contributed by atoms with Crippen LogP contribution in [0.2, 0.25) is 0 Å². The number of fused-ring (bicyclic) bond motifs is 1. The fraction of sp³-hybridized carbons (Fsp3) is 0.275. The smallest absolute Gasteiger partial charge is 0.416 e. The van der Waals surface area contributed by atoms with Crippen LogP contribution in [0.15, 0.2) is 210 Å². The van der Waals surface area contributed by atoms with Crippen molar-refractivity contribution in [2.45, 2.75) is 78.6 Å². The van der Waals surface area contributed by atoms with E-state index < -0.39 is 89.2 Å². The second-order valence-electron chi connectivity index (χ2n) is 27.6. The third-order valence-corrected chi connectivity index (χ3v) is 19.2. The predicted molar refractivity (Wildman–Crippen MR) is 453 cm³/mol. The summed E-state index contributed by atoms with van der Waals surface area (Å²) in [6, 6.07) is 48.7. The molecule has 0 saturated carbocycles. The number of hydrogen-bond acceptors (Lipinski definition) is 23. The zero-order valence-electron chi connectivity index (χ0n) is 70.4. The van der Waals surface area contributed by atoms with E-state index in [2.05, 4.69) is 29.6 Å². The van der Waals surface area contributed by atoms with Crippen LogP contribution in [0.3, 0.4) is 0 Å². The highest BCUT2D eigenvalue weighted by Crippen LogP contribution is 2.47. The number of halogens is 8. The number of guanidine groups is 2. The average molecular weight is 1770 g/mol. The second kappa shape index (κ2) is 47.1. The molecule has 0 unspecified atom stereocenters. The Labute approximate surface area is 725 Å². The highest BCUT2D eigenvalue weighted by Gasteiger charge is 2.43. The predicted octanol–water partition coefficient (Wildman–Crippen LogP) is 16.2. The molecule has 3 atom stereocenters. The largest absolute Gasteiger partial charge is 0.507 e. The number of aliphatic carboxylic acids is 2. The van der Waals surface area contributed by atoms with E-state index in [-0.39, 0.29) is 69.0 Å². The van der Waals surface area contributed by atoms with Crippen LogP contribution >= 0.6 is 0 Å². The molecule has 36 heteroatoms. The van der Waals surface area contributed by atoms with Gasteiger partial charge in [-0.1, -0.05) is 96.9 Å². The maximum Gasteiger partial charge on any atom is 0.416 e. The Morgan fingerprint density at radius 1 is 0.583 bits per heavy atom. The zero-order valence-corrected chi connectivity index (χ0v) is 70.4. The Morgan fingerprint density at radius 2 is 1.07 bits per heavy atom. The second-order valence-corrected chi connectivity index (χ2v) is 27.6. The van der Waals surface area contributed by atoms with Crippen molar-refractivity contribution in [2.75, 3.05) is 107 Å². The van der Waals surface area contributed by atoms with Gasteiger partial charge in [0.15, 0.2) is 0 Å². The number of phenols is 1. The first-order valence-corrected chi connectivity index (χ1v) is 38.8. The van der Waals surface area contributed by atoms with E-state index >= 15 is 8.78 Å². The number of carbonyl (C=O) groups excluding carboxylic acids is 6. The van der Waals surface area contributed by atoms with Gasteiger partial charge in [0.05, 0.1) is 69.0 Å². The van der Waals surface area contributed by atoms with Gasteiger partial charge < -0.3 is 83.4 Å². The molecular weight excluding hydrogens is 1680 g/mol. The van der Waals surface area contributed by atoms with Crippen LogP contribution in [-0.4, -0.2) is 190 Å². The fourth-order valence-corrected chi connectivity index (χ4v) is 12.7. The first kappa shape index (κ1) is 99.3. The maximum absolute atomic E-state index is 15.1. The first-order chi connectivity index (χ1) is 60.4. The molecule has 3 heterocycles. The molecule has 0 radical (unpaired) electrons. The number of alkyl halides is 6. The van der Waals surface area contributed by atoms with Crippen molar-refractivity contribution in [1.82, 2.24) is 9.80 Å². The Bertz CT molecular complexity index is 5350. The monoisotopic (exact) mass is 1770 g/mol. The summed E-state index contributed by atoms with van der Waals surface area (Å²) in [6.45, 7) is 15.2. The highest BCUT2D eigenvalue weighted by molar-refractivity contribution is 6.02. The molecule has 0 bridgehead atoms. The molecule has 3 aliphatic rings. The van der Waals surface area contributed by atoms with E-state index in [0.717, 1.165) is 64.3 Å². The SMILES string of the molecule is CCOC(C)=O.CC[C@H]1c2cccc(F)c2N=C(N2CCN(c3cccc(OC)c3)CC2)N1c1cc(C(F)(F)F)ccc1OC.COC(=O)/C=C/c1cccc(F)c1N=C(Nc1cc(C(F)(F)F)ccc1C)N1CCN(c2cccc(OC)c2)CC1.Cc1ccc(C(=O)O[C@H](C(=O)O)[C@H](OC(=O)c2ccc(C)cc2)C(=O)O)cc1.O=C(O)c1ccccc1O.O=C=O. The number of carbonyl (C=O) groups is 7. The quantitative estimate of drug-likeness (QED) is 0.0118.